The van der Waals surface area contributed by atoms with Gasteiger partial charge in [0, 0.05) is 32.0 Å². The fourth-order valence-electron chi connectivity index (χ4n) is 7.93. The van der Waals surface area contributed by atoms with E-state index in [0.717, 1.165) is 17.0 Å². The molecule has 0 aliphatic carbocycles. The summed E-state index contributed by atoms with van der Waals surface area (Å²) >= 11 is 1.91. The number of benzene rings is 8. The van der Waals surface area contributed by atoms with Gasteiger partial charge in [0.15, 0.2) is 0 Å². The minimum Gasteiger partial charge on any atom is -0.252 e. The van der Waals surface area contributed by atoms with E-state index in [0.29, 0.717) is 6.42 Å². The van der Waals surface area contributed by atoms with Gasteiger partial charge < -0.3 is 0 Å². The van der Waals surface area contributed by atoms with Crippen LogP contribution in [0.4, 0.5) is 5.69 Å². The molecule has 0 bridgehead atoms. The van der Waals surface area contributed by atoms with E-state index in [-0.39, 0.29) is 0 Å². The molecule has 0 saturated heterocycles. The first-order valence-corrected chi connectivity index (χ1v) is 18.5. The van der Waals surface area contributed by atoms with Crippen LogP contribution in [0.1, 0.15) is 29.2 Å². The Bertz CT molecular complexity index is 2850. The Morgan fingerprint density at radius 3 is 1.98 bits per heavy atom. The zero-order chi connectivity index (χ0) is 34.5. The summed E-state index contributed by atoms with van der Waals surface area (Å²) in [4.78, 5) is 5.75. The van der Waals surface area contributed by atoms with Crippen LogP contribution in [0.3, 0.4) is 0 Å². The minimum atomic E-state index is 0.684. The lowest BCUT2D eigenvalue weighted by Gasteiger charge is -2.18. The van der Waals surface area contributed by atoms with Crippen molar-refractivity contribution in [2.45, 2.75) is 27.2 Å². The summed E-state index contributed by atoms with van der Waals surface area (Å²) in [6.07, 6.45) is 2.92. The van der Waals surface area contributed by atoms with Crippen molar-refractivity contribution >= 4 is 80.8 Å². The number of nitrogens with zero attached hydrogens (tertiary/aromatic N) is 1. The Kier molecular flexibility index (Phi) is 7.83. The van der Waals surface area contributed by atoms with Crippen molar-refractivity contribution in [3.05, 3.63) is 180 Å². The molecule has 1 nitrogen and oxygen atoms in total. The van der Waals surface area contributed by atoms with Crippen LogP contribution < -0.4 is 0 Å². The Morgan fingerprint density at radius 1 is 0.569 bits per heavy atom. The van der Waals surface area contributed by atoms with Gasteiger partial charge in [-0.1, -0.05) is 146 Å². The van der Waals surface area contributed by atoms with Crippen LogP contribution in [0.15, 0.2) is 163 Å². The van der Waals surface area contributed by atoms with Crippen molar-refractivity contribution < 1.29 is 0 Å². The monoisotopic (exact) mass is 671 g/mol. The second-order valence-corrected chi connectivity index (χ2v) is 14.5. The van der Waals surface area contributed by atoms with Crippen LogP contribution in [-0.4, -0.2) is 5.71 Å². The highest BCUT2D eigenvalue weighted by Crippen LogP contribution is 2.43. The predicted molar refractivity (Wildman–Crippen MR) is 224 cm³/mol. The number of hydrogen-bond donors (Lipinski definition) is 0. The lowest BCUT2D eigenvalue weighted by atomic mass is 9.88. The molecule has 0 unspecified atom stereocenters. The zero-order valence-corrected chi connectivity index (χ0v) is 29.9. The van der Waals surface area contributed by atoms with Gasteiger partial charge >= 0.3 is 0 Å². The van der Waals surface area contributed by atoms with Crippen molar-refractivity contribution in [1.82, 2.24) is 0 Å². The molecule has 0 N–H and O–H groups in total. The van der Waals surface area contributed by atoms with E-state index < -0.39 is 0 Å². The van der Waals surface area contributed by atoms with Crippen LogP contribution in [0.25, 0.3) is 69.2 Å². The summed E-state index contributed by atoms with van der Waals surface area (Å²) in [7, 11) is 0. The summed E-state index contributed by atoms with van der Waals surface area (Å²) in [5.74, 6) is 0. The lowest BCUT2D eigenvalue weighted by Crippen LogP contribution is -2.08. The summed E-state index contributed by atoms with van der Waals surface area (Å²) in [5, 5.41) is 10.2. The third-order valence-electron chi connectivity index (χ3n) is 10.5. The van der Waals surface area contributed by atoms with Crippen LogP contribution in [0.2, 0.25) is 0 Å². The van der Waals surface area contributed by atoms with Gasteiger partial charge in [0.05, 0.1) is 11.4 Å². The molecule has 1 aromatic heterocycles. The van der Waals surface area contributed by atoms with Gasteiger partial charge in [0.2, 0.25) is 0 Å². The van der Waals surface area contributed by atoms with Crippen molar-refractivity contribution in [3.63, 3.8) is 0 Å². The molecule has 8 aromatic carbocycles. The SMILES string of the molecule is C/C=C(\C(Cc1cc2sc3c4ccccc4ccc3c2cc1-c1ccccc1C)=N/c1c(C)c2ccccc2c2ccccc12)c1ccccc1. The van der Waals surface area contributed by atoms with Crippen LogP contribution in [0, 0.1) is 13.8 Å². The number of allylic oxidation sites excluding steroid dienone is 2. The van der Waals surface area contributed by atoms with E-state index in [1.165, 1.54) is 85.9 Å². The largest absolute Gasteiger partial charge is 0.252 e. The Labute approximate surface area is 302 Å². The van der Waals surface area contributed by atoms with Crippen LogP contribution in [0.5, 0.6) is 0 Å². The number of fused-ring (bicyclic) bond motifs is 8. The molecule has 1 heterocycles. The number of thiophene rings is 1. The number of hydrogen-bond acceptors (Lipinski definition) is 2. The first kappa shape index (κ1) is 31.2. The van der Waals surface area contributed by atoms with Crippen LogP contribution in [-0.2, 0) is 6.42 Å². The first-order valence-electron chi connectivity index (χ1n) is 17.7. The van der Waals surface area contributed by atoms with E-state index >= 15 is 0 Å². The summed E-state index contributed by atoms with van der Waals surface area (Å²) in [5.41, 5.74) is 10.7. The van der Waals surface area contributed by atoms with Gasteiger partial charge in [-0.25, -0.2) is 0 Å². The molecule has 0 aliphatic heterocycles. The van der Waals surface area contributed by atoms with E-state index in [2.05, 4.69) is 179 Å². The average Bonchev–Trinajstić information content (AvgIpc) is 3.55. The van der Waals surface area contributed by atoms with Crippen molar-refractivity contribution in [2.75, 3.05) is 0 Å². The van der Waals surface area contributed by atoms with E-state index in [9.17, 15) is 0 Å². The second kappa shape index (κ2) is 12.8. The topological polar surface area (TPSA) is 12.4 Å². The van der Waals surface area contributed by atoms with Crippen molar-refractivity contribution in [1.29, 1.82) is 0 Å². The molecule has 9 aromatic rings. The first-order chi connectivity index (χ1) is 25.1. The highest BCUT2D eigenvalue weighted by atomic mass is 32.1. The predicted octanol–water partition coefficient (Wildman–Crippen LogP) is 14.2. The molecular weight excluding hydrogens is 635 g/mol. The van der Waals surface area contributed by atoms with Gasteiger partial charge in [-0.05, 0) is 98.8 Å². The zero-order valence-electron chi connectivity index (χ0n) is 29.1. The molecule has 0 aliphatic rings. The second-order valence-electron chi connectivity index (χ2n) is 13.5. The third kappa shape index (κ3) is 5.35. The molecule has 244 valence electrons. The number of aliphatic imine (C=N–C) groups is 1. The molecule has 0 saturated carbocycles. The van der Waals surface area contributed by atoms with E-state index in [1.807, 2.05) is 11.3 Å². The van der Waals surface area contributed by atoms with Gasteiger partial charge in [0.1, 0.15) is 0 Å². The highest BCUT2D eigenvalue weighted by Gasteiger charge is 2.20. The van der Waals surface area contributed by atoms with Gasteiger partial charge in [0.25, 0.3) is 0 Å². The molecule has 0 fully saturated rings. The van der Waals surface area contributed by atoms with Crippen LogP contribution >= 0.6 is 11.3 Å². The molecule has 51 heavy (non-hydrogen) atoms. The minimum absolute atomic E-state index is 0.684. The number of aryl methyl sites for hydroxylation is 2. The van der Waals surface area contributed by atoms with E-state index in [1.54, 1.807) is 0 Å². The molecule has 0 amide bonds. The highest BCUT2D eigenvalue weighted by molar-refractivity contribution is 7.26. The lowest BCUT2D eigenvalue weighted by molar-refractivity contribution is 1.31. The molecule has 9 rings (SSSR count). The summed E-state index contributed by atoms with van der Waals surface area (Å²) < 4.78 is 2.66. The standard InChI is InChI=1S/C49H37NS/c1-4-36(33-17-6-5-7-18-33)46(50-48-32(3)38-21-12-13-23-40(38)41-24-14-15-25-42(41)48)28-35-29-47-45(30-44(35)37-20-10-8-16-31(37)2)43-27-26-34-19-9-11-22-39(34)49(43)51-47/h4-27,29-30H,28H2,1-3H3/b36-4-,50-46-. The Morgan fingerprint density at radius 2 is 1.22 bits per heavy atom. The maximum Gasteiger partial charge on any atom is 0.0747 e. The maximum atomic E-state index is 5.75. The third-order valence-corrected chi connectivity index (χ3v) is 11.7. The van der Waals surface area contributed by atoms with Gasteiger partial charge in [-0.3, -0.25) is 4.99 Å². The smallest absolute Gasteiger partial charge is 0.0747 e. The molecule has 0 spiro atoms. The molecular formula is C49H37NS. The van der Waals surface area contributed by atoms with Crippen molar-refractivity contribution in [3.8, 4) is 11.1 Å². The van der Waals surface area contributed by atoms with Gasteiger partial charge in [-0.2, -0.15) is 0 Å². The Hall–Kier alpha value is -5.83. The maximum absolute atomic E-state index is 5.75. The quantitative estimate of drug-likeness (QED) is 0.123. The fraction of sp³-hybridized carbons (Fsp3) is 0.0816. The molecule has 0 radical (unpaired) electrons. The summed E-state index contributed by atoms with van der Waals surface area (Å²) in [6.45, 7) is 6.60. The fourth-order valence-corrected chi connectivity index (χ4v) is 9.22. The molecule has 0 atom stereocenters. The number of rotatable bonds is 6. The Balaban J connectivity index is 1.33. The summed E-state index contributed by atoms with van der Waals surface area (Å²) in [6, 6.07) is 55.3. The molecule has 2 heteroatoms. The average molecular weight is 672 g/mol. The van der Waals surface area contributed by atoms with Gasteiger partial charge in [-0.15, -0.1) is 11.3 Å². The van der Waals surface area contributed by atoms with Crippen molar-refractivity contribution in [2.24, 2.45) is 4.99 Å². The normalized spacial score (nSPS) is 12.5. The van der Waals surface area contributed by atoms with E-state index in [4.69, 9.17) is 4.99 Å².